The highest BCUT2D eigenvalue weighted by atomic mass is 16.2. The van der Waals surface area contributed by atoms with E-state index in [1.54, 1.807) is 23.2 Å². The zero-order valence-electron chi connectivity index (χ0n) is 12.0. The van der Waals surface area contributed by atoms with Crippen LogP contribution >= 0.6 is 0 Å². The summed E-state index contributed by atoms with van der Waals surface area (Å²) >= 11 is 0. The number of hydrogen-bond acceptors (Lipinski definition) is 3. The molecule has 0 saturated heterocycles. The van der Waals surface area contributed by atoms with Crippen LogP contribution in [0.25, 0.3) is 0 Å². The average Bonchev–Trinajstić information content (AvgIpc) is 3.03. The number of anilines is 1. The molecule has 0 aliphatic carbocycles. The second-order valence-corrected chi connectivity index (χ2v) is 5.09. The Labute approximate surface area is 123 Å². The lowest BCUT2D eigenvalue weighted by molar-refractivity contribution is -0.114. The van der Waals surface area contributed by atoms with Crippen molar-refractivity contribution in [1.29, 1.82) is 0 Å². The molecule has 2 heterocycles. The molecule has 2 aromatic rings. The second kappa shape index (κ2) is 5.52. The van der Waals surface area contributed by atoms with Gasteiger partial charge in [0.1, 0.15) is 5.82 Å². The Kier molecular flexibility index (Phi) is 3.56. The molecular weight excluding hydrogens is 266 g/mol. The molecule has 5 nitrogen and oxygen atoms in total. The number of fused-ring (bicyclic) bond motifs is 1. The molecule has 5 heteroatoms. The Morgan fingerprint density at radius 2 is 1.95 bits per heavy atom. The van der Waals surface area contributed by atoms with E-state index in [-0.39, 0.29) is 0 Å². The van der Waals surface area contributed by atoms with Gasteiger partial charge >= 0.3 is 0 Å². The molecule has 21 heavy (non-hydrogen) atoms. The number of amides is 1. The first-order valence-electron chi connectivity index (χ1n) is 7.17. The van der Waals surface area contributed by atoms with Gasteiger partial charge in [-0.1, -0.05) is 19.1 Å². The monoisotopic (exact) mass is 283 g/mol. The maximum absolute atomic E-state index is 12.1. The van der Waals surface area contributed by atoms with Crippen molar-refractivity contribution in [1.82, 2.24) is 9.55 Å². The van der Waals surface area contributed by atoms with Gasteiger partial charge in [0.25, 0.3) is 11.7 Å². The van der Waals surface area contributed by atoms with Crippen molar-refractivity contribution in [3.63, 3.8) is 0 Å². The van der Waals surface area contributed by atoms with Crippen molar-refractivity contribution in [2.24, 2.45) is 0 Å². The van der Waals surface area contributed by atoms with Crippen molar-refractivity contribution in [3.8, 4) is 0 Å². The molecule has 1 aliphatic rings. The third-order valence-electron chi connectivity index (χ3n) is 3.72. The molecular formula is C16H17N3O2. The van der Waals surface area contributed by atoms with E-state index in [1.165, 1.54) is 0 Å². The standard InChI is InChI=1S/C16H17N3O2/c1-2-5-14-17-8-9-18(14)10-11-19-13-7-4-3-6-12(13)15(20)16(19)21/h3-4,6-9H,2,5,10-11H2,1H3. The third kappa shape index (κ3) is 2.35. The predicted molar refractivity (Wildman–Crippen MR) is 79.3 cm³/mol. The number of aryl methyl sites for hydroxylation is 1. The van der Waals surface area contributed by atoms with Crippen LogP contribution in [0.2, 0.25) is 0 Å². The normalized spacial score (nSPS) is 13.9. The number of imidazole rings is 1. The first kappa shape index (κ1) is 13.5. The van der Waals surface area contributed by atoms with Crippen LogP contribution < -0.4 is 4.90 Å². The summed E-state index contributed by atoms with van der Waals surface area (Å²) in [5.41, 5.74) is 1.21. The van der Waals surface area contributed by atoms with Gasteiger partial charge in [-0.15, -0.1) is 0 Å². The SMILES string of the molecule is CCCc1nccn1CCN1C(=O)C(=O)c2ccccc21. The highest BCUT2D eigenvalue weighted by Gasteiger charge is 2.34. The summed E-state index contributed by atoms with van der Waals surface area (Å²) < 4.78 is 2.04. The first-order chi connectivity index (χ1) is 10.2. The minimum atomic E-state index is -0.437. The fourth-order valence-corrected chi connectivity index (χ4v) is 2.67. The zero-order valence-corrected chi connectivity index (χ0v) is 12.0. The number of para-hydroxylation sites is 1. The lowest BCUT2D eigenvalue weighted by Crippen LogP contribution is -2.32. The number of Topliss-reactive ketones (excluding diaryl/α,β-unsaturated/α-hetero) is 1. The van der Waals surface area contributed by atoms with Crippen LogP contribution in [0.15, 0.2) is 36.7 Å². The van der Waals surface area contributed by atoms with Gasteiger partial charge in [0.2, 0.25) is 0 Å². The Morgan fingerprint density at radius 3 is 2.76 bits per heavy atom. The molecule has 0 unspecified atom stereocenters. The molecule has 1 aliphatic heterocycles. The topological polar surface area (TPSA) is 55.2 Å². The van der Waals surface area contributed by atoms with Gasteiger partial charge < -0.3 is 9.47 Å². The van der Waals surface area contributed by atoms with E-state index >= 15 is 0 Å². The Hall–Kier alpha value is -2.43. The second-order valence-electron chi connectivity index (χ2n) is 5.09. The molecule has 1 aromatic heterocycles. The average molecular weight is 283 g/mol. The molecule has 0 spiro atoms. The highest BCUT2D eigenvalue weighted by molar-refractivity contribution is 6.52. The highest BCUT2D eigenvalue weighted by Crippen LogP contribution is 2.28. The summed E-state index contributed by atoms with van der Waals surface area (Å²) in [5, 5.41) is 0. The van der Waals surface area contributed by atoms with Gasteiger partial charge in [0, 0.05) is 31.9 Å². The summed E-state index contributed by atoms with van der Waals surface area (Å²) in [6.45, 7) is 3.23. The first-order valence-corrected chi connectivity index (χ1v) is 7.17. The fraction of sp³-hybridized carbons (Fsp3) is 0.312. The van der Waals surface area contributed by atoms with Crippen LogP contribution in [0, 0.1) is 0 Å². The van der Waals surface area contributed by atoms with E-state index < -0.39 is 11.7 Å². The van der Waals surface area contributed by atoms with E-state index in [0.717, 1.165) is 18.7 Å². The lowest BCUT2D eigenvalue weighted by atomic mass is 10.1. The van der Waals surface area contributed by atoms with Crippen molar-refractivity contribution >= 4 is 17.4 Å². The van der Waals surface area contributed by atoms with E-state index in [1.807, 2.05) is 22.9 Å². The molecule has 1 aromatic carbocycles. The van der Waals surface area contributed by atoms with Crippen LogP contribution in [0.3, 0.4) is 0 Å². The summed E-state index contributed by atoms with van der Waals surface area (Å²) in [4.78, 5) is 29.9. The van der Waals surface area contributed by atoms with E-state index in [2.05, 4.69) is 11.9 Å². The number of carbonyl (C=O) groups is 2. The van der Waals surface area contributed by atoms with Crippen LogP contribution in [-0.4, -0.2) is 27.8 Å². The summed E-state index contributed by atoms with van der Waals surface area (Å²) in [7, 11) is 0. The molecule has 0 saturated carbocycles. The van der Waals surface area contributed by atoms with Gasteiger partial charge in [-0.3, -0.25) is 9.59 Å². The van der Waals surface area contributed by atoms with Crippen molar-refractivity contribution in [2.75, 3.05) is 11.4 Å². The number of rotatable bonds is 5. The smallest absolute Gasteiger partial charge is 0.299 e. The van der Waals surface area contributed by atoms with Crippen LogP contribution in [0.5, 0.6) is 0 Å². The largest absolute Gasteiger partial charge is 0.333 e. The molecule has 1 amide bonds. The van der Waals surface area contributed by atoms with Gasteiger partial charge in [-0.25, -0.2) is 4.98 Å². The zero-order chi connectivity index (χ0) is 14.8. The quantitative estimate of drug-likeness (QED) is 0.789. The summed E-state index contributed by atoms with van der Waals surface area (Å²) in [6, 6.07) is 7.15. The summed E-state index contributed by atoms with van der Waals surface area (Å²) in [6.07, 6.45) is 5.63. The lowest BCUT2D eigenvalue weighted by Gasteiger charge is -2.17. The third-order valence-corrected chi connectivity index (χ3v) is 3.72. The minimum absolute atomic E-state index is 0.412. The van der Waals surface area contributed by atoms with Crippen molar-refractivity contribution < 1.29 is 9.59 Å². The number of benzene rings is 1. The molecule has 0 atom stereocenters. The molecule has 0 bridgehead atoms. The molecule has 3 rings (SSSR count). The Balaban J connectivity index is 1.78. The Morgan fingerprint density at radius 1 is 1.14 bits per heavy atom. The minimum Gasteiger partial charge on any atom is -0.333 e. The van der Waals surface area contributed by atoms with Crippen LogP contribution in [-0.2, 0) is 17.8 Å². The van der Waals surface area contributed by atoms with Gasteiger partial charge in [-0.2, -0.15) is 0 Å². The predicted octanol–water partition coefficient (Wildman–Crippen LogP) is 2.07. The Bertz CT molecular complexity index is 690. The van der Waals surface area contributed by atoms with Crippen molar-refractivity contribution in [3.05, 3.63) is 48.0 Å². The van der Waals surface area contributed by atoms with Crippen LogP contribution in [0.1, 0.15) is 29.5 Å². The number of aromatic nitrogens is 2. The van der Waals surface area contributed by atoms with Gasteiger partial charge in [0.15, 0.2) is 0 Å². The van der Waals surface area contributed by atoms with E-state index in [4.69, 9.17) is 0 Å². The molecule has 108 valence electrons. The number of hydrogen-bond donors (Lipinski definition) is 0. The fourth-order valence-electron chi connectivity index (χ4n) is 2.67. The molecule has 0 fully saturated rings. The maximum atomic E-state index is 12.1. The number of nitrogens with zero attached hydrogens (tertiary/aromatic N) is 3. The summed E-state index contributed by atoms with van der Waals surface area (Å²) in [5.74, 6) is 0.169. The van der Waals surface area contributed by atoms with E-state index in [9.17, 15) is 9.59 Å². The molecule has 0 N–H and O–H groups in total. The maximum Gasteiger partial charge on any atom is 0.299 e. The van der Waals surface area contributed by atoms with Gasteiger partial charge in [-0.05, 0) is 18.6 Å². The van der Waals surface area contributed by atoms with Gasteiger partial charge in [0.05, 0.1) is 11.3 Å². The van der Waals surface area contributed by atoms with Crippen LogP contribution in [0.4, 0.5) is 5.69 Å². The van der Waals surface area contributed by atoms with E-state index in [0.29, 0.717) is 24.3 Å². The molecule has 0 radical (unpaired) electrons. The number of ketones is 1. The van der Waals surface area contributed by atoms with Crippen molar-refractivity contribution in [2.45, 2.75) is 26.3 Å². The number of carbonyl (C=O) groups excluding carboxylic acids is 2.